The lowest BCUT2D eigenvalue weighted by Gasteiger charge is -2.10. The van der Waals surface area contributed by atoms with E-state index in [1.165, 1.54) is 0 Å². The van der Waals surface area contributed by atoms with Crippen molar-refractivity contribution in [2.45, 2.75) is 5.50 Å². The van der Waals surface area contributed by atoms with Crippen molar-refractivity contribution in [3.05, 3.63) is 29.3 Å². The summed E-state index contributed by atoms with van der Waals surface area (Å²) in [6.45, 7) is 0. The molecule has 1 atom stereocenters. The van der Waals surface area contributed by atoms with Crippen LogP contribution in [0.25, 0.3) is 0 Å². The number of hydrazine groups is 1. The third-order valence-electron chi connectivity index (χ3n) is 1.38. The largest absolute Gasteiger partial charge is 0.479 e. The van der Waals surface area contributed by atoms with Gasteiger partial charge in [0.15, 0.2) is 5.50 Å². The molecule has 6 heteroatoms. The zero-order chi connectivity index (χ0) is 10.6. The molecule has 1 rings (SSSR count). The van der Waals surface area contributed by atoms with E-state index in [2.05, 4.69) is 10.9 Å². The van der Waals surface area contributed by atoms with Crippen LogP contribution in [0.4, 0.5) is 5.69 Å². The standard InChI is InChI=1S/C8H8Cl2N2O2/c9-5-2-1-3-6(4-5)11-12-7(10)8(13)14/h1-4,7,11-12H,(H,13,14). The van der Waals surface area contributed by atoms with Gasteiger partial charge in [0.25, 0.3) is 0 Å². The zero-order valence-corrected chi connectivity index (χ0v) is 8.51. The second kappa shape index (κ2) is 5.05. The van der Waals surface area contributed by atoms with Crippen molar-refractivity contribution in [2.24, 2.45) is 0 Å². The summed E-state index contributed by atoms with van der Waals surface area (Å²) in [4.78, 5) is 10.3. The quantitative estimate of drug-likeness (QED) is 0.423. The summed E-state index contributed by atoms with van der Waals surface area (Å²) in [5.41, 5.74) is 4.46. The van der Waals surface area contributed by atoms with Crippen molar-refractivity contribution in [3.63, 3.8) is 0 Å². The first-order chi connectivity index (χ1) is 6.59. The van der Waals surface area contributed by atoms with E-state index in [-0.39, 0.29) is 0 Å². The normalized spacial score (nSPS) is 12.1. The van der Waals surface area contributed by atoms with Crippen LogP contribution in [0.3, 0.4) is 0 Å². The van der Waals surface area contributed by atoms with Gasteiger partial charge in [-0.3, -0.25) is 0 Å². The van der Waals surface area contributed by atoms with Gasteiger partial charge in [0.05, 0.1) is 5.69 Å². The molecule has 0 heterocycles. The summed E-state index contributed by atoms with van der Waals surface area (Å²) in [5.74, 6) is -1.15. The Bertz CT molecular complexity index is 333. The van der Waals surface area contributed by atoms with Gasteiger partial charge < -0.3 is 10.5 Å². The molecule has 4 nitrogen and oxygen atoms in total. The lowest BCUT2D eigenvalue weighted by Crippen LogP contribution is -2.35. The van der Waals surface area contributed by atoms with Crippen LogP contribution >= 0.6 is 23.2 Å². The topological polar surface area (TPSA) is 61.4 Å². The second-order valence-corrected chi connectivity index (χ2v) is 3.35. The summed E-state index contributed by atoms with van der Waals surface area (Å²) < 4.78 is 0. The van der Waals surface area contributed by atoms with Crippen LogP contribution in [0.2, 0.25) is 5.02 Å². The van der Waals surface area contributed by atoms with Gasteiger partial charge in [-0.15, -0.1) is 0 Å². The van der Waals surface area contributed by atoms with E-state index in [4.69, 9.17) is 28.3 Å². The molecule has 0 aliphatic rings. The summed E-state index contributed by atoms with van der Waals surface area (Å²) in [6, 6.07) is 6.81. The third-order valence-corrected chi connectivity index (χ3v) is 1.92. The summed E-state index contributed by atoms with van der Waals surface area (Å²) in [5, 5.41) is 9.01. The molecule has 0 bridgehead atoms. The van der Waals surface area contributed by atoms with E-state index >= 15 is 0 Å². The molecular weight excluding hydrogens is 227 g/mol. The molecule has 0 fully saturated rings. The fraction of sp³-hybridized carbons (Fsp3) is 0.125. The van der Waals surface area contributed by atoms with E-state index < -0.39 is 11.5 Å². The first-order valence-corrected chi connectivity index (χ1v) is 4.55. The Hall–Kier alpha value is -0.970. The van der Waals surface area contributed by atoms with Gasteiger partial charge in [0.1, 0.15) is 0 Å². The Morgan fingerprint density at radius 2 is 2.21 bits per heavy atom. The van der Waals surface area contributed by atoms with Crippen molar-refractivity contribution in [3.8, 4) is 0 Å². The SMILES string of the molecule is O=C(O)C(Cl)NNc1cccc(Cl)c1. The van der Waals surface area contributed by atoms with Gasteiger partial charge in [-0.2, -0.15) is 0 Å². The molecule has 0 aromatic heterocycles. The average Bonchev–Trinajstić information content (AvgIpc) is 2.14. The van der Waals surface area contributed by atoms with E-state index in [1.54, 1.807) is 24.3 Å². The number of carbonyl (C=O) groups is 1. The minimum Gasteiger partial charge on any atom is -0.479 e. The molecule has 0 aliphatic heterocycles. The van der Waals surface area contributed by atoms with Gasteiger partial charge in [-0.25, -0.2) is 10.2 Å². The van der Waals surface area contributed by atoms with Crippen LogP contribution in [0, 0.1) is 0 Å². The number of halogens is 2. The summed E-state index contributed by atoms with van der Waals surface area (Å²) in [6.07, 6.45) is 0. The molecule has 0 aliphatic carbocycles. The first kappa shape index (κ1) is 11.1. The molecule has 1 aromatic rings. The maximum Gasteiger partial charge on any atom is 0.337 e. The molecule has 76 valence electrons. The van der Waals surface area contributed by atoms with Gasteiger partial charge >= 0.3 is 5.97 Å². The van der Waals surface area contributed by atoms with E-state index in [0.717, 1.165) is 0 Å². The molecule has 3 N–H and O–H groups in total. The highest BCUT2D eigenvalue weighted by molar-refractivity contribution is 6.31. The minimum atomic E-state index is -1.19. The number of alkyl halides is 1. The maximum absolute atomic E-state index is 10.3. The number of benzene rings is 1. The second-order valence-electron chi connectivity index (χ2n) is 2.48. The summed E-state index contributed by atoms with van der Waals surface area (Å²) in [7, 11) is 0. The van der Waals surface area contributed by atoms with Crippen molar-refractivity contribution in [2.75, 3.05) is 5.43 Å². The van der Waals surface area contributed by atoms with E-state index in [0.29, 0.717) is 10.7 Å². The molecule has 1 aromatic carbocycles. The fourth-order valence-electron chi connectivity index (χ4n) is 0.775. The summed E-state index contributed by atoms with van der Waals surface area (Å²) >= 11 is 11.1. The van der Waals surface area contributed by atoms with Crippen LogP contribution in [0.1, 0.15) is 0 Å². The first-order valence-electron chi connectivity index (χ1n) is 3.73. The Morgan fingerprint density at radius 3 is 2.79 bits per heavy atom. The van der Waals surface area contributed by atoms with Crippen molar-refractivity contribution in [1.29, 1.82) is 0 Å². The average molecular weight is 235 g/mol. The molecule has 1 unspecified atom stereocenters. The number of rotatable bonds is 4. The number of carboxylic acid groups (broad SMARTS) is 1. The number of hydrogen-bond donors (Lipinski definition) is 3. The highest BCUT2D eigenvalue weighted by Gasteiger charge is 2.11. The van der Waals surface area contributed by atoms with Crippen molar-refractivity contribution < 1.29 is 9.90 Å². The Morgan fingerprint density at radius 1 is 1.50 bits per heavy atom. The molecule has 0 saturated carbocycles. The van der Waals surface area contributed by atoms with Crippen LogP contribution in [-0.4, -0.2) is 16.6 Å². The Kier molecular flexibility index (Phi) is 4.00. The van der Waals surface area contributed by atoms with Crippen LogP contribution in [0.15, 0.2) is 24.3 Å². The number of hydrogen-bond acceptors (Lipinski definition) is 3. The molecule has 0 saturated heterocycles. The predicted octanol–water partition coefficient (Wildman–Crippen LogP) is 1.91. The smallest absolute Gasteiger partial charge is 0.337 e. The predicted molar refractivity (Wildman–Crippen MR) is 55.5 cm³/mol. The van der Waals surface area contributed by atoms with Crippen LogP contribution in [-0.2, 0) is 4.79 Å². The highest BCUT2D eigenvalue weighted by atomic mass is 35.5. The molecule has 0 spiro atoms. The van der Waals surface area contributed by atoms with Gasteiger partial charge in [0, 0.05) is 5.02 Å². The number of carboxylic acids is 1. The number of aliphatic carboxylic acids is 1. The van der Waals surface area contributed by atoms with Crippen molar-refractivity contribution in [1.82, 2.24) is 5.43 Å². The highest BCUT2D eigenvalue weighted by Crippen LogP contribution is 2.13. The van der Waals surface area contributed by atoms with Crippen LogP contribution < -0.4 is 10.9 Å². The van der Waals surface area contributed by atoms with Gasteiger partial charge in [0.2, 0.25) is 0 Å². The fourth-order valence-corrected chi connectivity index (χ4v) is 1.02. The lowest BCUT2D eigenvalue weighted by atomic mass is 10.3. The number of nitrogens with one attached hydrogen (secondary N) is 2. The third kappa shape index (κ3) is 3.41. The maximum atomic E-state index is 10.3. The lowest BCUT2D eigenvalue weighted by molar-refractivity contribution is -0.137. The number of anilines is 1. The van der Waals surface area contributed by atoms with Gasteiger partial charge in [-0.05, 0) is 18.2 Å². The molecular formula is C8H8Cl2N2O2. The Balaban J connectivity index is 2.49. The van der Waals surface area contributed by atoms with Crippen LogP contribution in [0.5, 0.6) is 0 Å². The zero-order valence-electron chi connectivity index (χ0n) is 7.00. The molecule has 14 heavy (non-hydrogen) atoms. The van der Waals surface area contributed by atoms with Crippen molar-refractivity contribution >= 4 is 34.9 Å². The Labute approximate surface area is 90.8 Å². The van der Waals surface area contributed by atoms with E-state index in [1.807, 2.05) is 0 Å². The molecule has 0 radical (unpaired) electrons. The van der Waals surface area contributed by atoms with Gasteiger partial charge in [-0.1, -0.05) is 29.3 Å². The van der Waals surface area contributed by atoms with E-state index in [9.17, 15) is 4.79 Å². The molecule has 0 amide bonds. The monoisotopic (exact) mass is 234 g/mol. The minimum absolute atomic E-state index is 0.554.